The molecule has 2 N–H and O–H groups in total. The first kappa shape index (κ1) is 27.6. The zero-order valence-corrected chi connectivity index (χ0v) is 21.6. The largest absolute Gasteiger partial charge is 1.00 e. The van der Waals surface area contributed by atoms with E-state index in [9.17, 15) is 4.79 Å². The molecule has 3 atom stereocenters. The SMILES string of the molecule is CC.COC(=O)/C(C)=C/[C-]=C(C)C1CC(CN)CCC1[CH-]c1ccccc1.[K+]. The van der Waals surface area contributed by atoms with Gasteiger partial charge in [-0.15, -0.1) is 24.6 Å². The minimum Gasteiger partial charge on any atom is -0.479 e. The van der Waals surface area contributed by atoms with Gasteiger partial charge in [0.05, 0.1) is 7.11 Å². The minimum atomic E-state index is -0.309. The first-order valence-electron chi connectivity index (χ1n) is 10.00. The van der Waals surface area contributed by atoms with Crippen LogP contribution >= 0.6 is 0 Å². The van der Waals surface area contributed by atoms with Gasteiger partial charge in [-0.05, 0) is 31.2 Å². The van der Waals surface area contributed by atoms with E-state index >= 15 is 0 Å². The number of ether oxygens (including phenoxy) is 1. The third kappa shape index (κ3) is 8.98. The van der Waals surface area contributed by atoms with Crippen LogP contribution in [-0.4, -0.2) is 19.6 Å². The summed E-state index contributed by atoms with van der Waals surface area (Å²) in [6.45, 7) is 8.60. The van der Waals surface area contributed by atoms with Gasteiger partial charge < -0.3 is 10.5 Å². The molecular formula is C24H35KNO2-. The van der Waals surface area contributed by atoms with E-state index in [-0.39, 0.29) is 57.4 Å². The second-order valence-corrected chi connectivity index (χ2v) is 6.91. The summed E-state index contributed by atoms with van der Waals surface area (Å²) >= 11 is 0. The van der Waals surface area contributed by atoms with Gasteiger partial charge in [-0.3, -0.25) is 10.9 Å². The van der Waals surface area contributed by atoms with Crippen LogP contribution < -0.4 is 57.1 Å². The van der Waals surface area contributed by atoms with E-state index in [1.54, 1.807) is 13.0 Å². The first-order valence-corrected chi connectivity index (χ1v) is 10.00. The number of nitrogens with two attached hydrogens (primary N) is 1. The summed E-state index contributed by atoms with van der Waals surface area (Å²) in [4.78, 5) is 11.5. The zero-order valence-electron chi connectivity index (χ0n) is 18.5. The number of hydrogen-bond donors (Lipinski definition) is 1. The smallest absolute Gasteiger partial charge is 0.479 e. The molecule has 0 spiro atoms. The van der Waals surface area contributed by atoms with Gasteiger partial charge in [-0.25, -0.2) is 6.08 Å². The Morgan fingerprint density at radius 1 is 1.25 bits per heavy atom. The summed E-state index contributed by atoms with van der Waals surface area (Å²) in [5.41, 5.74) is 8.94. The fraction of sp³-hybridized carbons (Fsp3) is 0.500. The van der Waals surface area contributed by atoms with Crippen molar-refractivity contribution in [1.82, 2.24) is 0 Å². The van der Waals surface area contributed by atoms with Crippen molar-refractivity contribution in [3.8, 4) is 0 Å². The Morgan fingerprint density at radius 2 is 1.89 bits per heavy atom. The number of carbonyl (C=O) groups excluding carboxylic acids is 1. The normalized spacial score (nSPS) is 22.3. The molecule has 0 saturated heterocycles. The molecule has 4 heteroatoms. The van der Waals surface area contributed by atoms with E-state index in [0.29, 0.717) is 23.3 Å². The van der Waals surface area contributed by atoms with Crippen molar-refractivity contribution in [2.24, 2.45) is 23.5 Å². The molecule has 1 aliphatic carbocycles. The van der Waals surface area contributed by atoms with Crippen molar-refractivity contribution < 1.29 is 60.9 Å². The van der Waals surface area contributed by atoms with Crippen molar-refractivity contribution in [3.63, 3.8) is 0 Å². The molecule has 2 rings (SSSR count). The van der Waals surface area contributed by atoms with Gasteiger partial charge in [-0.1, -0.05) is 39.2 Å². The maximum Gasteiger partial charge on any atom is 1.00 e. The average Bonchev–Trinajstić information content (AvgIpc) is 2.73. The number of methoxy groups -OCH3 is 1. The molecule has 1 aliphatic rings. The van der Waals surface area contributed by atoms with Crippen LogP contribution in [-0.2, 0) is 9.53 Å². The van der Waals surface area contributed by atoms with Crippen LogP contribution in [0.15, 0.2) is 47.6 Å². The quantitative estimate of drug-likeness (QED) is 0.258. The number of rotatable bonds is 6. The third-order valence-corrected chi connectivity index (χ3v) is 5.13. The molecule has 0 radical (unpaired) electrons. The van der Waals surface area contributed by atoms with Crippen LogP contribution in [0.4, 0.5) is 0 Å². The fourth-order valence-electron chi connectivity index (χ4n) is 3.55. The molecule has 3 unspecified atom stereocenters. The van der Waals surface area contributed by atoms with Gasteiger partial charge in [-0.2, -0.15) is 29.7 Å². The Kier molecular flexibility index (Phi) is 15.3. The predicted octanol–water partition coefficient (Wildman–Crippen LogP) is 2.13. The second kappa shape index (κ2) is 15.5. The van der Waals surface area contributed by atoms with Crippen LogP contribution in [0, 0.1) is 30.3 Å². The summed E-state index contributed by atoms with van der Waals surface area (Å²) < 4.78 is 4.75. The topological polar surface area (TPSA) is 52.3 Å². The Balaban J connectivity index is 0.00000235. The van der Waals surface area contributed by atoms with Gasteiger partial charge in [0, 0.05) is 0 Å². The molecule has 0 amide bonds. The molecule has 1 saturated carbocycles. The fourth-order valence-corrected chi connectivity index (χ4v) is 3.55. The molecular weight excluding hydrogens is 373 g/mol. The second-order valence-electron chi connectivity index (χ2n) is 6.91. The van der Waals surface area contributed by atoms with Gasteiger partial charge >= 0.3 is 51.4 Å². The molecule has 0 bridgehead atoms. The maximum absolute atomic E-state index is 11.5. The maximum atomic E-state index is 11.5. The molecule has 0 aromatic heterocycles. The molecule has 28 heavy (non-hydrogen) atoms. The Bertz CT molecular complexity index is 625. The van der Waals surface area contributed by atoms with E-state index in [0.717, 1.165) is 19.4 Å². The molecule has 1 aromatic rings. The molecule has 1 aromatic carbocycles. The standard InChI is InChI=1S/C22H29NO2.C2H6.K/c1-16(9-10-17(2)22(24)25-3)21-14-19(15-23)11-12-20(21)13-18-7-5-4-6-8-18;1-2;/h4-8,10,13,19-21H,11-12,14-15,23H2,1-3H3;1-2H3;/q-2;;+1/b17-10+;;. The minimum absolute atomic E-state index is 0. The van der Waals surface area contributed by atoms with Crippen LogP contribution in [0.5, 0.6) is 0 Å². The van der Waals surface area contributed by atoms with E-state index in [1.807, 2.05) is 19.9 Å². The summed E-state index contributed by atoms with van der Waals surface area (Å²) in [6.07, 6.45) is 10.8. The van der Waals surface area contributed by atoms with E-state index in [1.165, 1.54) is 24.7 Å². The van der Waals surface area contributed by atoms with Crippen LogP contribution in [0.3, 0.4) is 0 Å². The number of allylic oxidation sites excluding steroid dienone is 3. The summed E-state index contributed by atoms with van der Waals surface area (Å²) in [6, 6.07) is 10.5. The van der Waals surface area contributed by atoms with E-state index in [4.69, 9.17) is 10.5 Å². The van der Waals surface area contributed by atoms with Gasteiger partial charge in [0.1, 0.15) is 0 Å². The molecule has 0 aliphatic heterocycles. The molecule has 150 valence electrons. The van der Waals surface area contributed by atoms with E-state index < -0.39 is 0 Å². The average molecular weight is 409 g/mol. The number of carbonyl (C=O) groups is 1. The van der Waals surface area contributed by atoms with Gasteiger partial charge in [0.15, 0.2) is 0 Å². The van der Waals surface area contributed by atoms with Crippen molar-refractivity contribution in [1.29, 1.82) is 0 Å². The predicted molar refractivity (Wildman–Crippen MR) is 113 cm³/mol. The number of benzene rings is 1. The van der Waals surface area contributed by atoms with Crippen molar-refractivity contribution >= 4 is 5.97 Å². The Hall–Kier alpha value is -0.364. The molecule has 0 heterocycles. The molecule has 1 fully saturated rings. The summed E-state index contributed by atoms with van der Waals surface area (Å²) in [5, 5.41) is 0. The van der Waals surface area contributed by atoms with Crippen LogP contribution in [0.2, 0.25) is 0 Å². The first-order chi connectivity index (χ1) is 13.0. The number of hydrogen-bond acceptors (Lipinski definition) is 3. The summed E-state index contributed by atoms with van der Waals surface area (Å²) in [5.74, 6) is 1.14. The van der Waals surface area contributed by atoms with Crippen LogP contribution in [0.1, 0.15) is 52.5 Å². The van der Waals surface area contributed by atoms with E-state index in [2.05, 4.69) is 43.7 Å². The Labute approximate surface area is 214 Å². The molecule has 3 nitrogen and oxygen atoms in total. The van der Waals surface area contributed by atoms with Crippen molar-refractivity contribution in [2.45, 2.75) is 47.0 Å². The third-order valence-electron chi connectivity index (χ3n) is 5.13. The van der Waals surface area contributed by atoms with Crippen molar-refractivity contribution in [2.75, 3.05) is 13.7 Å². The monoisotopic (exact) mass is 408 g/mol. The zero-order chi connectivity index (χ0) is 20.2. The van der Waals surface area contributed by atoms with Crippen molar-refractivity contribution in [3.05, 3.63) is 65.6 Å². The van der Waals surface area contributed by atoms with Crippen LogP contribution in [0.25, 0.3) is 0 Å². The van der Waals surface area contributed by atoms with Gasteiger partial charge in [0.25, 0.3) is 0 Å². The Morgan fingerprint density at radius 3 is 2.46 bits per heavy atom. The number of esters is 1. The summed E-state index contributed by atoms with van der Waals surface area (Å²) in [7, 11) is 1.40. The van der Waals surface area contributed by atoms with Gasteiger partial charge in [0.2, 0.25) is 5.97 Å².